The second kappa shape index (κ2) is 9.42. The molecule has 0 radical (unpaired) electrons. The lowest BCUT2D eigenvalue weighted by atomic mass is 9.97. The van der Waals surface area contributed by atoms with Gasteiger partial charge in [0.2, 0.25) is 0 Å². The number of halogens is 3. The first kappa shape index (κ1) is 21.0. The number of nitrogens with one attached hydrogen (secondary N) is 1. The zero-order valence-electron chi connectivity index (χ0n) is 13.6. The Labute approximate surface area is 153 Å². The van der Waals surface area contributed by atoms with Crippen molar-refractivity contribution >= 4 is 35.8 Å². The van der Waals surface area contributed by atoms with Gasteiger partial charge in [0.05, 0.1) is 30.6 Å². The molecule has 1 aliphatic heterocycles. The third-order valence-electron chi connectivity index (χ3n) is 4.36. The van der Waals surface area contributed by atoms with Crippen LogP contribution < -0.4 is 10.1 Å². The van der Waals surface area contributed by atoms with Gasteiger partial charge in [0, 0.05) is 24.7 Å². The van der Waals surface area contributed by atoms with Gasteiger partial charge in [-0.05, 0) is 32.2 Å². The maximum atomic E-state index is 13.8. The van der Waals surface area contributed by atoms with Crippen LogP contribution in [0, 0.1) is 5.82 Å². The predicted octanol–water partition coefficient (Wildman–Crippen LogP) is 2.92. The van der Waals surface area contributed by atoms with Gasteiger partial charge < -0.3 is 19.7 Å². The Balaban J connectivity index is 0.00000144. The SMILES string of the molecule is COc1cc2ncn(CCC[C@H]3NCCC[C@@H]3O)c2cc1F.Cl.Cl. The van der Waals surface area contributed by atoms with Crippen molar-refractivity contribution in [2.75, 3.05) is 13.7 Å². The van der Waals surface area contributed by atoms with E-state index < -0.39 is 0 Å². The van der Waals surface area contributed by atoms with Crippen LogP contribution in [-0.4, -0.2) is 40.5 Å². The summed E-state index contributed by atoms with van der Waals surface area (Å²) in [5.74, 6) is -0.159. The summed E-state index contributed by atoms with van der Waals surface area (Å²) in [6.45, 7) is 1.73. The summed E-state index contributed by atoms with van der Waals surface area (Å²) in [5.41, 5.74) is 1.50. The van der Waals surface area contributed by atoms with Gasteiger partial charge in [-0.2, -0.15) is 0 Å². The maximum Gasteiger partial charge on any atom is 0.167 e. The van der Waals surface area contributed by atoms with Crippen LogP contribution in [0.15, 0.2) is 18.5 Å². The fourth-order valence-corrected chi connectivity index (χ4v) is 3.11. The van der Waals surface area contributed by atoms with Crippen molar-refractivity contribution in [2.24, 2.45) is 0 Å². The Kier molecular flexibility index (Phi) is 8.22. The molecule has 0 spiro atoms. The molecule has 0 saturated carbocycles. The number of piperidine rings is 1. The second-order valence-electron chi connectivity index (χ2n) is 5.83. The van der Waals surface area contributed by atoms with E-state index in [1.807, 2.05) is 4.57 Å². The average Bonchev–Trinajstić information content (AvgIpc) is 2.90. The van der Waals surface area contributed by atoms with E-state index in [0.717, 1.165) is 49.8 Å². The minimum Gasteiger partial charge on any atom is -0.494 e. The molecule has 2 N–H and O–H groups in total. The highest BCUT2D eigenvalue weighted by Crippen LogP contribution is 2.24. The standard InChI is InChI=1S/C16H22FN3O2.2ClH/c1-22-16-9-13-14(8-11(16)17)20(10-19-13)7-3-4-12-15(21)5-2-6-18-12;;/h8-10,12,15,18,21H,2-7H2,1H3;2*1H/t12-,15+;;/m1../s1. The molecule has 0 aliphatic carbocycles. The number of aliphatic hydroxyl groups excluding tert-OH is 1. The molecule has 1 aliphatic rings. The number of ether oxygens (including phenoxy) is 1. The van der Waals surface area contributed by atoms with Crippen LogP contribution in [0.3, 0.4) is 0 Å². The lowest BCUT2D eigenvalue weighted by Crippen LogP contribution is -2.44. The minimum absolute atomic E-state index is 0. The minimum atomic E-state index is -0.374. The molecule has 2 atom stereocenters. The Morgan fingerprint density at radius 1 is 1.42 bits per heavy atom. The third kappa shape index (κ3) is 4.51. The van der Waals surface area contributed by atoms with E-state index in [2.05, 4.69) is 10.3 Å². The van der Waals surface area contributed by atoms with Crippen molar-refractivity contribution < 1.29 is 14.2 Å². The smallest absolute Gasteiger partial charge is 0.167 e. The lowest BCUT2D eigenvalue weighted by Gasteiger charge is -2.29. The largest absolute Gasteiger partial charge is 0.494 e. The van der Waals surface area contributed by atoms with Crippen molar-refractivity contribution in [2.45, 2.75) is 44.4 Å². The van der Waals surface area contributed by atoms with E-state index in [0.29, 0.717) is 0 Å². The number of hydrogen-bond donors (Lipinski definition) is 2. The highest BCUT2D eigenvalue weighted by Gasteiger charge is 2.21. The highest BCUT2D eigenvalue weighted by atomic mass is 35.5. The number of rotatable bonds is 5. The zero-order valence-corrected chi connectivity index (χ0v) is 15.2. The molecule has 2 heterocycles. The van der Waals surface area contributed by atoms with Crippen LogP contribution >= 0.6 is 24.8 Å². The van der Waals surface area contributed by atoms with Gasteiger partial charge in [-0.25, -0.2) is 9.37 Å². The molecule has 1 aromatic heterocycles. The van der Waals surface area contributed by atoms with Crippen LogP contribution in [0.25, 0.3) is 11.0 Å². The first-order chi connectivity index (χ1) is 10.7. The van der Waals surface area contributed by atoms with Gasteiger partial charge >= 0.3 is 0 Å². The summed E-state index contributed by atoms with van der Waals surface area (Å²) in [6, 6.07) is 3.25. The summed E-state index contributed by atoms with van der Waals surface area (Å²) in [5, 5.41) is 13.3. The van der Waals surface area contributed by atoms with E-state index >= 15 is 0 Å². The molecule has 8 heteroatoms. The van der Waals surface area contributed by atoms with Crippen LogP contribution in [0.2, 0.25) is 0 Å². The molecule has 2 aromatic rings. The van der Waals surface area contributed by atoms with Crippen molar-refractivity contribution in [1.82, 2.24) is 14.9 Å². The van der Waals surface area contributed by atoms with Crippen molar-refractivity contribution in [3.63, 3.8) is 0 Å². The fourth-order valence-electron chi connectivity index (χ4n) is 3.11. The first-order valence-electron chi connectivity index (χ1n) is 7.79. The van der Waals surface area contributed by atoms with Crippen molar-refractivity contribution in [1.29, 1.82) is 0 Å². The van der Waals surface area contributed by atoms with Gasteiger partial charge in [-0.15, -0.1) is 24.8 Å². The normalized spacial score (nSPS) is 20.3. The summed E-state index contributed by atoms with van der Waals surface area (Å²) >= 11 is 0. The lowest BCUT2D eigenvalue weighted by molar-refractivity contribution is 0.0909. The molecule has 136 valence electrons. The number of aromatic nitrogens is 2. The topological polar surface area (TPSA) is 59.3 Å². The van der Waals surface area contributed by atoms with Crippen LogP contribution in [0.5, 0.6) is 5.75 Å². The maximum absolute atomic E-state index is 13.8. The van der Waals surface area contributed by atoms with E-state index in [1.165, 1.54) is 13.2 Å². The summed E-state index contributed by atoms with van der Waals surface area (Å²) in [4.78, 5) is 4.30. The fraction of sp³-hybridized carbons (Fsp3) is 0.562. The summed E-state index contributed by atoms with van der Waals surface area (Å²) in [7, 11) is 1.45. The molecule has 1 saturated heterocycles. The van der Waals surface area contributed by atoms with E-state index in [1.54, 1.807) is 12.4 Å². The number of fused-ring (bicyclic) bond motifs is 1. The van der Waals surface area contributed by atoms with Gasteiger partial charge in [0.1, 0.15) is 0 Å². The summed E-state index contributed by atoms with van der Waals surface area (Å²) in [6.07, 6.45) is 5.19. The van der Waals surface area contributed by atoms with Crippen LogP contribution in [0.4, 0.5) is 4.39 Å². The molecular weight excluding hydrogens is 356 g/mol. The Morgan fingerprint density at radius 2 is 2.21 bits per heavy atom. The third-order valence-corrected chi connectivity index (χ3v) is 4.36. The van der Waals surface area contributed by atoms with E-state index in [4.69, 9.17) is 4.74 Å². The second-order valence-corrected chi connectivity index (χ2v) is 5.83. The quantitative estimate of drug-likeness (QED) is 0.838. The van der Waals surface area contributed by atoms with Crippen LogP contribution in [0.1, 0.15) is 25.7 Å². The van der Waals surface area contributed by atoms with Crippen molar-refractivity contribution in [3.05, 3.63) is 24.3 Å². The Morgan fingerprint density at radius 3 is 2.92 bits per heavy atom. The Bertz CT molecular complexity index is 654. The van der Waals surface area contributed by atoms with Gasteiger partial charge in [-0.3, -0.25) is 0 Å². The average molecular weight is 380 g/mol. The number of aliphatic hydroxyl groups is 1. The molecule has 0 bridgehead atoms. The number of aryl methyl sites for hydroxylation is 1. The number of hydrogen-bond acceptors (Lipinski definition) is 4. The Hall–Kier alpha value is -1.08. The molecule has 5 nitrogen and oxygen atoms in total. The monoisotopic (exact) mass is 379 g/mol. The number of nitrogens with zero attached hydrogens (tertiary/aromatic N) is 2. The van der Waals surface area contributed by atoms with Gasteiger partial charge in [-0.1, -0.05) is 0 Å². The number of imidazole rings is 1. The molecule has 0 unspecified atom stereocenters. The van der Waals surface area contributed by atoms with E-state index in [-0.39, 0.29) is 48.5 Å². The first-order valence-corrected chi connectivity index (χ1v) is 7.79. The van der Waals surface area contributed by atoms with Crippen molar-refractivity contribution in [3.8, 4) is 5.75 Å². The highest BCUT2D eigenvalue weighted by molar-refractivity contribution is 5.85. The summed E-state index contributed by atoms with van der Waals surface area (Å²) < 4.78 is 20.8. The molecule has 1 aromatic carbocycles. The van der Waals surface area contributed by atoms with Gasteiger partial charge in [0.25, 0.3) is 0 Å². The molecule has 24 heavy (non-hydrogen) atoms. The van der Waals surface area contributed by atoms with Crippen LogP contribution in [-0.2, 0) is 6.54 Å². The van der Waals surface area contributed by atoms with Gasteiger partial charge in [0.15, 0.2) is 11.6 Å². The zero-order chi connectivity index (χ0) is 15.5. The number of methoxy groups -OCH3 is 1. The molecular formula is C16H24Cl2FN3O2. The predicted molar refractivity (Wildman–Crippen MR) is 97.0 cm³/mol. The molecule has 3 rings (SSSR count). The van der Waals surface area contributed by atoms with E-state index in [9.17, 15) is 9.50 Å². The number of benzene rings is 1. The molecule has 0 amide bonds. The molecule has 1 fully saturated rings.